The van der Waals surface area contributed by atoms with Crippen molar-refractivity contribution < 1.29 is 9.90 Å². The van der Waals surface area contributed by atoms with Crippen LogP contribution in [0.25, 0.3) is 17.3 Å². The molecule has 0 aliphatic heterocycles. The Morgan fingerprint density at radius 2 is 1.74 bits per heavy atom. The van der Waals surface area contributed by atoms with Crippen LogP contribution < -0.4 is 5.11 Å². The smallest absolute Gasteiger partial charge is 0.0998 e. The van der Waals surface area contributed by atoms with Crippen LogP contribution in [0.2, 0.25) is 5.02 Å². The number of carbonyl (C=O) groups is 1. The Kier molecular flexibility index (Phi) is 5.16. The minimum atomic E-state index is -1.24. The van der Waals surface area contributed by atoms with Gasteiger partial charge in [-0.25, -0.2) is 0 Å². The Bertz CT molecular complexity index is 1090. The first-order valence-electron chi connectivity index (χ1n) is 8.30. The molecule has 0 aliphatic rings. The minimum Gasteiger partial charge on any atom is -0.545 e. The van der Waals surface area contributed by atoms with Gasteiger partial charge < -0.3 is 14.5 Å². The number of allylic oxidation sites excluding steroid dienone is 1. The number of aromatic nitrogens is 1. The summed E-state index contributed by atoms with van der Waals surface area (Å²) in [7, 11) is 0. The second kappa shape index (κ2) is 7.53. The second-order valence-electron chi connectivity index (χ2n) is 6.15. The molecule has 0 aliphatic carbocycles. The van der Waals surface area contributed by atoms with E-state index in [0.717, 1.165) is 22.6 Å². The summed E-state index contributed by atoms with van der Waals surface area (Å²) in [6, 6.07) is 17.8. The molecule has 0 bridgehead atoms. The first kappa shape index (κ1) is 18.5. The van der Waals surface area contributed by atoms with E-state index in [1.165, 1.54) is 12.1 Å². The number of carboxylic acids is 1. The predicted octanol–water partition coefficient (Wildman–Crippen LogP) is 4.18. The Labute approximate surface area is 162 Å². The van der Waals surface area contributed by atoms with Gasteiger partial charge in [-0.05, 0) is 54.8 Å². The number of hydrogen-bond acceptors (Lipinski definition) is 3. The fourth-order valence-electron chi connectivity index (χ4n) is 3.06. The lowest BCUT2D eigenvalue weighted by Crippen LogP contribution is -2.21. The lowest BCUT2D eigenvalue weighted by Gasteiger charge is -2.11. The summed E-state index contributed by atoms with van der Waals surface area (Å²) in [5, 5.41) is 21.1. The molecular formula is C22H16ClN2O2-. The van der Waals surface area contributed by atoms with E-state index < -0.39 is 5.97 Å². The van der Waals surface area contributed by atoms with Gasteiger partial charge in [-0.2, -0.15) is 5.26 Å². The number of carboxylic acid groups (broad SMARTS) is 1. The van der Waals surface area contributed by atoms with Gasteiger partial charge in [0.2, 0.25) is 0 Å². The second-order valence-corrected chi connectivity index (χ2v) is 6.56. The standard InChI is InChI=1S/C22H17ClN2O2/c1-14-11-18(15(2)25(14)21-6-4-3-5-20(21)23)12-19(13-24)16-7-9-17(10-8-16)22(26)27/h3-12H,1-2H3,(H,26,27)/p-1/b19-12-. The molecule has 3 rings (SSSR count). The summed E-state index contributed by atoms with van der Waals surface area (Å²) in [5.41, 5.74) is 4.90. The largest absolute Gasteiger partial charge is 0.545 e. The van der Waals surface area contributed by atoms with Gasteiger partial charge in [0, 0.05) is 11.4 Å². The summed E-state index contributed by atoms with van der Waals surface area (Å²) >= 11 is 6.34. The van der Waals surface area contributed by atoms with Crippen LogP contribution in [0.5, 0.6) is 0 Å². The molecule has 0 amide bonds. The SMILES string of the molecule is Cc1cc(/C=C(/C#N)c2ccc(C(=O)[O-])cc2)c(C)n1-c1ccccc1Cl. The molecule has 0 fully saturated rings. The molecule has 2 aromatic carbocycles. The number of hydrogen-bond donors (Lipinski definition) is 0. The van der Waals surface area contributed by atoms with Crippen LogP contribution in [-0.4, -0.2) is 10.5 Å². The van der Waals surface area contributed by atoms with E-state index in [1.54, 1.807) is 18.2 Å². The number of carbonyl (C=O) groups excluding carboxylic acids is 1. The van der Waals surface area contributed by atoms with Crippen LogP contribution in [0.15, 0.2) is 54.6 Å². The number of nitriles is 1. The number of aryl methyl sites for hydroxylation is 1. The molecule has 0 unspecified atom stereocenters. The van der Waals surface area contributed by atoms with E-state index in [9.17, 15) is 15.2 Å². The van der Waals surface area contributed by atoms with E-state index in [2.05, 4.69) is 6.07 Å². The third kappa shape index (κ3) is 3.64. The number of halogens is 1. The van der Waals surface area contributed by atoms with Gasteiger partial charge in [-0.15, -0.1) is 0 Å². The molecule has 0 saturated heterocycles. The van der Waals surface area contributed by atoms with Crippen molar-refractivity contribution in [3.63, 3.8) is 0 Å². The molecule has 4 nitrogen and oxygen atoms in total. The molecule has 0 radical (unpaired) electrons. The van der Waals surface area contributed by atoms with Gasteiger partial charge in [-0.1, -0.05) is 48.0 Å². The number of para-hydroxylation sites is 1. The highest BCUT2D eigenvalue weighted by molar-refractivity contribution is 6.32. The topological polar surface area (TPSA) is 68.8 Å². The number of nitrogens with zero attached hydrogens (tertiary/aromatic N) is 2. The molecular weight excluding hydrogens is 360 g/mol. The van der Waals surface area contributed by atoms with Gasteiger partial charge in [0.05, 0.1) is 28.3 Å². The third-order valence-electron chi connectivity index (χ3n) is 4.42. The lowest BCUT2D eigenvalue weighted by molar-refractivity contribution is -0.255. The van der Waals surface area contributed by atoms with Crippen molar-refractivity contribution in [2.24, 2.45) is 0 Å². The van der Waals surface area contributed by atoms with E-state index in [-0.39, 0.29) is 5.56 Å². The van der Waals surface area contributed by atoms with Crippen LogP contribution in [0.4, 0.5) is 0 Å². The van der Waals surface area contributed by atoms with Crippen molar-refractivity contribution in [1.29, 1.82) is 5.26 Å². The molecule has 5 heteroatoms. The van der Waals surface area contributed by atoms with Gasteiger partial charge in [0.25, 0.3) is 0 Å². The lowest BCUT2D eigenvalue weighted by atomic mass is 10.0. The fourth-order valence-corrected chi connectivity index (χ4v) is 3.28. The Hall–Kier alpha value is -3.29. The maximum Gasteiger partial charge on any atom is 0.0998 e. The zero-order chi connectivity index (χ0) is 19.6. The average molecular weight is 376 g/mol. The summed E-state index contributed by atoms with van der Waals surface area (Å²) < 4.78 is 2.04. The monoisotopic (exact) mass is 375 g/mol. The predicted molar refractivity (Wildman–Crippen MR) is 105 cm³/mol. The quantitative estimate of drug-likeness (QED) is 0.642. The van der Waals surface area contributed by atoms with Crippen molar-refractivity contribution in [2.45, 2.75) is 13.8 Å². The zero-order valence-corrected chi connectivity index (χ0v) is 15.6. The van der Waals surface area contributed by atoms with Gasteiger partial charge in [0.15, 0.2) is 0 Å². The van der Waals surface area contributed by atoms with Gasteiger partial charge in [-0.3, -0.25) is 0 Å². The number of benzene rings is 2. The summed E-state index contributed by atoms with van der Waals surface area (Å²) in [4.78, 5) is 10.9. The zero-order valence-electron chi connectivity index (χ0n) is 14.9. The molecule has 0 spiro atoms. The van der Waals surface area contributed by atoms with Crippen molar-refractivity contribution >= 4 is 29.2 Å². The van der Waals surface area contributed by atoms with E-state index in [1.807, 2.05) is 48.7 Å². The highest BCUT2D eigenvalue weighted by atomic mass is 35.5. The van der Waals surface area contributed by atoms with E-state index >= 15 is 0 Å². The van der Waals surface area contributed by atoms with Crippen molar-refractivity contribution in [3.8, 4) is 11.8 Å². The molecule has 0 atom stereocenters. The molecule has 3 aromatic rings. The van der Waals surface area contributed by atoms with Crippen LogP contribution in [0.3, 0.4) is 0 Å². The highest BCUT2D eigenvalue weighted by Gasteiger charge is 2.13. The first-order valence-corrected chi connectivity index (χ1v) is 8.67. The van der Waals surface area contributed by atoms with Crippen LogP contribution in [0, 0.1) is 25.2 Å². The van der Waals surface area contributed by atoms with Crippen LogP contribution >= 0.6 is 11.6 Å². The average Bonchev–Trinajstić information content (AvgIpc) is 2.93. The third-order valence-corrected chi connectivity index (χ3v) is 4.74. The minimum absolute atomic E-state index is 0.0768. The number of aromatic carboxylic acids is 1. The van der Waals surface area contributed by atoms with Crippen molar-refractivity contribution in [2.75, 3.05) is 0 Å². The van der Waals surface area contributed by atoms with Crippen molar-refractivity contribution in [3.05, 3.63) is 87.7 Å². The summed E-state index contributed by atoms with van der Waals surface area (Å²) in [6.45, 7) is 3.95. The maximum absolute atomic E-state index is 10.9. The van der Waals surface area contributed by atoms with Gasteiger partial charge >= 0.3 is 0 Å². The fraction of sp³-hybridized carbons (Fsp3) is 0.0909. The molecule has 134 valence electrons. The normalized spacial score (nSPS) is 11.3. The molecule has 1 heterocycles. The Morgan fingerprint density at radius 1 is 1.11 bits per heavy atom. The van der Waals surface area contributed by atoms with E-state index in [0.29, 0.717) is 16.2 Å². The highest BCUT2D eigenvalue weighted by Crippen LogP contribution is 2.28. The molecule has 1 aromatic heterocycles. The summed E-state index contributed by atoms with van der Waals surface area (Å²) in [6.07, 6.45) is 1.80. The van der Waals surface area contributed by atoms with Gasteiger partial charge in [0.1, 0.15) is 0 Å². The molecule has 0 saturated carbocycles. The van der Waals surface area contributed by atoms with Crippen molar-refractivity contribution in [1.82, 2.24) is 4.57 Å². The molecule has 27 heavy (non-hydrogen) atoms. The number of rotatable bonds is 4. The molecule has 0 N–H and O–H groups in total. The Morgan fingerprint density at radius 3 is 2.33 bits per heavy atom. The van der Waals surface area contributed by atoms with Crippen LogP contribution in [0.1, 0.15) is 32.9 Å². The first-order chi connectivity index (χ1) is 12.9. The van der Waals surface area contributed by atoms with Crippen LogP contribution in [-0.2, 0) is 0 Å². The maximum atomic E-state index is 10.9. The summed E-state index contributed by atoms with van der Waals surface area (Å²) in [5.74, 6) is -1.24. The Balaban J connectivity index is 2.06. The van der Waals surface area contributed by atoms with E-state index in [4.69, 9.17) is 11.6 Å².